The highest BCUT2D eigenvalue weighted by Gasteiger charge is 2.11. The second kappa shape index (κ2) is 4.86. The minimum absolute atomic E-state index is 0.120. The molecule has 1 unspecified atom stereocenters. The molecule has 0 fully saturated rings. The van der Waals surface area contributed by atoms with Gasteiger partial charge in [-0.05, 0) is 36.2 Å². The highest BCUT2D eigenvalue weighted by molar-refractivity contribution is 6.33. The maximum absolute atomic E-state index is 13.3. The zero-order valence-corrected chi connectivity index (χ0v) is 10.2. The monoisotopic (exact) mass is 249 g/mol. The average molecular weight is 250 g/mol. The van der Waals surface area contributed by atoms with Crippen molar-refractivity contribution in [2.45, 2.75) is 13.0 Å². The molecule has 0 aliphatic rings. The molecule has 2 N–H and O–H groups in total. The SMILES string of the molecule is CC(N)c1ccccc1-c1cc(F)ccc1Cl. The normalized spacial score (nSPS) is 12.5. The molecule has 1 nitrogen and oxygen atoms in total. The van der Waals surface area contributed by atoms with Crippen molar-refractivity contribution in [1.29, 1.82) is 0 Å². The number of halogens is 2. The van der Waals surface area contributed by atoms with Crippen molar-refractivity contribution in [2.75, 3.05) is 0 Å². The Morgan fingerprint density at radius 2 is 1.82 bits per heavy atom. The summed E-state index contributed by atoms with van der Waals surface area (Å²) in [6, 6.07) is 11.9. The molecule has 2 aromatic carbocycles. The largest absolute Gasteiger partial charge is 0.324 e. The number of rotatable bonds is 2. The molecule has 0 saturated carbocycles. The van der Waals surface area contributed by atoms with Crippen LogP contribution in [0.25, 0.3) is 11.1 Å². The molecule has 17 heavy (non-hydrogen) atoms. The van der Waals surface area contributed by atoms with Crippen molar-refractivity contribution in [3.05, 3.63) is 58.9 Å². The third-order valence-corrected chi connectivity index (χ3v) is 3.00. The van der Waals surface area contributed by atoms with Gasteiger partial charge < -0.3 is 5.73 Å². The van der Waals surface area contributed by atoms with Gasteiger partial charge in [0.05, 0.1) is 0 Å². The topological polar surface area (TPSA) is 26.0 Å². The first kappa shape index (κ1) is 12.1. The van der Waals surface area contributed by atoms with Gasteiger partial charge in [-0.15, -0.1) is 0 Å². The van der Waals surface area contributed by atoms with E-state index in [2.05, 4.69) is 0 Å². The van der Waals surface area contributed by atoms with Gasteiger partial charge in [0.1, 0.15) is 5.82 Å². The fraction of sp³-hybridized carbons (Fsp3) is 0.143. The van der Waals surface area contributed by atoms with E-state index in [0.29, 0.717) is 10.6 Å². The molecule has 88 valence electrons. The standard InChI is InChI=1S/C14H13ClFN/c1-9(17)11-4-2-3-5-12(11)13-8-10(16)6-7-14(13)15/h2-9H,17H2,1H3. The van der Waals surface area contributed by atoms with Gasteiger partial charge in [-0.25, -0.2) is 4.39 Å². The summed E-state index contributed by atoms with van der Waals surface area (Å²) in [5.74, 6) is -0.302. The maximum Gasteiger partial charge on any atom is 0.123 e. The van der Waals surface area contributed by atoms with Crippen LogP contribution in [-0.4, -0.2) is 0 Å². The molecule has 0 amide bonds. The predicted molar refractivity (Wildman–Crippen MR) is 69.4 cm³/mol. The van der Waals surface area contributed by atoms with Crippen LogP contribution < -0.4 is 5.73 Å². The Balaban J connectivity index is 2.64. The smallest absolute Gasteiger partial charge is 0.123 e. The van der Waals surface area contributed by atoms with E-state index in [1.54, 1.807) is 6.07 Å². The van der Waals surface area contributed by atoms with E-state index in [0.717, 1.165) is 11.1 Å². The van der Waals surface area contributed by atoms with Crippen LogP contribution in [0.2, 0.25) is 5.02 Å². The Bertz CT molecular complexity index is 537. The van der Waals surface area contributed by atoms with Crippen molar-refractivity contribution in [3.63, 3.8) is 0 Å². The van der Waals surface area contributed by atoms with Crippen molar-refractivity contribution in [2.24, 2.45) is 5.73 Å². The molecule has 0 aliphatic carbocycles. The van der Waals surface area contributed by atoms with Gasteiger partial charge in [0.25, 0.3) is 0 Å². The molecular weight excluding hydrogens is 237 g/mol. The Hall–Kier alpha value is -1.38. The zero-order chi connectivity index (χ0) is 12.4. The highest BCUT2D eigenvalue weighted by atomic mass is 35.5. The second-order valence-electron chi connectivity index (χ2n) is 4.00. The van der Waals surface area contributed by atoms with Gasteiger partial charge in [0.15, 0.2) is 0 Å². The van der Waals surface area contributed by atoms with Crippen LogP contribution >= 0.6 is 11.6 Å². The van der Waals surface area contributed by atoms with Crippen LogP contribution in [-0.2, 0) is 0 Å². The molecule has 2 aromatic rings. The molecule has 0 bridgehead atoms. The van der Waals surface area contributed by atoms with Gasteiger partial charge in [0.2, 0.25) is 0 Å². The third kappa shape index (κ3) is 2.48. The average Bonchev–Trinajstić information content (AvgIpc) is 2.32. The highest BCUT2D eigenvalue weighted by Crippen LogP contribution is 2.33. The zero-order valence-electron chi connectivity index (χ0n) is 9.45. The summed E-state index contributed by atoms with van der Waals surface area (Å²) in [6.07, 6.45) is 0. The predicted octanol–water partition coefficient (Wildman–Crippen LogP) is 4.17. The van der Waals surface area contributed by atoms with E-state index < -0.39 is 0 Å². The maximum atomic E-state index is 13.3. The summed E-state index contributed by atoms with van der Waals surface area (Å²) < 4.78 is 13.3. The summed E-state index contributed by atoms with van der Waals surface area (Å²) in [5, 5.41) is 0.527. The molecule has 0 spiro atoms. The van der Waals surface area contributed by atoms with Gasteiger partial charge in [-0.3, -0.25) is 0 Å². The minimum Gasteiger partial charge on any atom is -0.324 e. The van der Waals surface area contributed by atoms with E-state index in [1.807, 2.05) is 31.2 Å². The Labute approximate surface area is 105 Å². The van der Waals surface area contributed by atoms with E-state index in [9.17, 15) is 4.39 Å². The fourth-order valence-corrected chi connectivity index (χ4v) is 2.06. The summed E-state index contributed by atoms with van der Waals surface area (Å²) >= 11 is 6.10. The van der Waals surface area contributed by atoms with E-state index in [1.165, 1.54) is 12.1 Å². The van der Waals surface area contributed by atoms with Crippen LogP contribution in [0.3, 0.4) is 0 Å². The van der Waals surface area contributed by atoms with Crippen LogP contribution in [0, 0.1) is 5.82 Å². The quantitative estimate of drug-likeness (QED) is 0.850. The lowest BCUT2D eigenvalue weighted by atomic mass is 9.96. The van der Waals surface area contributed by atoms with Crippen LogP contribution in [0.5, 0.6) is 0 Å². The lowest BCUT2D eigenvalue weighted by molar-refractivity contribution is 0.628. The molecule has 0 aliphatic heterocycles. The van der Waals surface area contributed by atoms with E-state index in [4.69, 9.17) is 17.3 Å². The number of hydrogen-bond donors (Lipinski definition) is 1. The molecule has 2 rings (SSSR count). The number of benzene rings is 2. The van der Waals surface area contributed by atoms with Crippen LogP contribution in [0.1, 0.15) is 18.5 Å². The van der Waals surface area contributed by atoms with E-state index in [-0.39, 0.29) is 11.9 Å². The second-order valence-corrected chi connectivity index (χ2v) is 4.41. The van der Waals surface area contributed by atoms with Crippen molar-refractivity contribution < 1.29 is 4.39 Å². The number of nitrogens with two attached hydrogens (primary N) is 1. The molecule has 0 heterocycles. The lowest BCUT2D eigenvalue weighted by Crippen LogP contribution is -2.06. The minimum atomic E-state index is -0.302. The molecule has 0 aromatic heterocycles. The van der Waals surface area contributed by atoms with Crippen molar-refractivity contribution in [3.8, 4) is 11.1 Å². The first-order chi connectivity index (χ1) is 8.09. The Kier molecular flexibility index (Phi) is 3.46. The molecule has 3 heteroatoms. The molecule has 0 saturated heterocycles. The van der Waals surface area contributed by atoms with E-state index >= 15 is 0 Å². The lowest BCUT2D eigenvalue weighted by Gasteiger charge is -2.13. The van der Waals surface area contributed by atoms with Crippen LogP contribution in [0.4, 0.5) is 4.39 Å². The summed E-state index contributed by atoms with van der Waals surface area (Å²) in [5.41, 5.74) is 8.42. The fourth-order valence-electron chi connectivity index (χ4n) is 1.84. The Morgan fingerprint density at radius 1 is 1.12 bits per heavy atom. The van der Waals surface area contributed by atoms with Gasteiger partial charge in [-0.1, -0.05) is 35.9 Å². The molecule has 0 radical (unpaired) electrons. The Morgan fingerprint density at radius 3 is 2.53 bits per heavy atom. The van der Waals surface area contributed by atoms with Gasteiger partial charge >= 0.3 is 0 Å². The summed E-state index contributed by atoms with van der Waals surface area (Å²) in [7, 11) is 0. The molecule has 1 atom stereocenters. The first-order valence-corrected chi connectivity index (χ1v) is 5.77. The summed E-state index contributed by atoms with van der Waals surface area (Å²) in [4.78, 5) is 0. The number of hydrogen-bond acceptors (Lipinski definition) is 1. The third-order valence-electron chi connectivity index (χ3n) is 2.67. The van der Waals surface area contributed by atoms with Gasteiger partial charge in [0, 0.05) is 16.6 Å². The van der Waals surface area contributed by atoms with Gasteiger partial charge in [-0.2, -0.15) is 0 Å². The first-order valence-electron chi connectivity index (χ1n) is 5.39. The van der Waals surface area contributed by atoms with Crippen molar-refractivity contribution in [1.82, 2.24) is 0 Å². The van der Waals surface area contributed by atoms with Crippen LogP contribution in [0.15, 0.2) is 42.5 Å². The van der Waals surface area contributed by atoms with Crippen molar-refractivity contribution >= 4 is 11.6 Å². The molecular formula is C14H13ClFN. The summed E-state index contributed by atoms with van der Waals surface area (Å²) in [6.45, 7) is 1.89.